The highest BCUT2D eigenvalue weighted by atomic mass is 16.5. The Hall–Kier alpha value is -1.64. The minimum absolute atomic E-state index is 0.440. The molecule has 0 N–H and O–H groups in total. The van der Waals surface area contributed by atoms with Gasteiger partial charge >= 0.3 is 0 Å². The van der Waals surface area contributed by atoms with Gasteiger partial charge in [0.2, 0.25) is 0 Å². The molecule has 0 atom stereocenters. The first-order valence-electron chi connectivity index (χ1n) is 5.01. The Bertz CT molecular complexity index is 480. The maximum Gasteiger partial charge on any atom is 0.148 e. The van der Waals surface area contributed by atoms with Gasteiger partial charge in [-0.3, -0.25) is 9.97 Å². The number of methoxy groups -OCH3 is 1. The fourth-order valence-electron chi connectivity index (χ4n) is 1.67. The van der Waals surface area contributed by atoms with Crippen molar-refractivity contribution < 1.29 is 4.74 Å². The van der Waals surface area contributed by atoms with Gasteiger partial charge in [0.25, 0.3) is 0 Å². The van der Waals surface area contributed by atoms with Crippen LogP contribution < -0.4 is 4.74 Å². The highest BCUT2D eigenvalue weighted by Gasteiger charge is 2.09. The number of rotatable bonds is 2. The topological polar surface area (TPSA) is 35.0 Å². The molecule has 2 heterocycles. The number of fused-ring (bicyclic) bond motifs is 1. The summed E-state index contributed by atoms with van der Waals surface area (Å²) in [4.78, 5) is 8.68. The maximum absolute atomic E-state index is 5.26. The van der Waals surface area contributed by atoms with E-state index >= 15 is 0 Å². The molecule has 0 unspecified atom stereocenters. The second-order valence-electron chi connectivity index (χ2n) is 3.77. The van der Waals surface area contributed by atoms with Crippen molar-refractivity contribution in [2.75, 3.05) is 7.11 Å². The third kappa shape index (κ3) is 1.65. The highest BCUT2D eigenvalue weighted by molar-refractivity contribution is 5.83. The smallest absolute Gasteiger partial charge is 0.148 e. The molecule has 0 saturated carbocycles. The van der Waals surface area contributed by atoms with Crippen molar-refractivity contribution >= 4 is 11.0 Å². The molecule has 0 radical (unpaired) electrons. The quantitative estimate of drug-likeness (QED) is 0.751. The summed E-state index contributed by atoms with van der Waals surface area (Å²) >= 11 is 0. The van der Waals surface area contributed by atoms with E-state index in [1.165, 1.54) is 5.56 Å². The molecule has 2 rings (SSSR count). The third-order valence-electron chi connectivity index (χ3n) is 2.46. The molecule has 0 amide bonds. The number of hydrogen-bond acceptors (Lipinski definition) is 3. The molecule has 2 aromatic heterocycles. The molecule has 0 saturated heterocycles. The monoisotopic (exact) mass is 202 g/mol. The summed E-state index contributed by atoms with van der Waals surface area (Å²) in [6.07, 6.45) is 3.57. The lowest BCUT2D eigenvalue weighted by Crippen LogP contribution is -1.95. The molecule has 78 valence electrons. The Balaban J connectivity index is 2.76. The van der Waals surface area contributed by atoms with Crippen LogP contribution in [0.1, 0.15) is 25.3 Å². The zero-order valence-electron chi connectivity index (χ0n) is 9.19. The molecule has 0 bridgehead atoms. The molecule has 3 heteroatoms. The van der Waals surface area contributed by atoms with Crippen molar-refractivity contribution in [1.29, 1.82) is 0 Å². The first-order chi connectivity index (χ1) is 7.24. The van der Waals surface area contributed by atoms with Crippen molar-refractivity contribution in [3.05, 3.63) is 30.1 Å². The van der Waals surface area contributed by atoms with Crippen LogP contribution >= 0.6 is 0 Å². The van der Waals surface area contributed by atoms with Crippen LogP contribution in [-0.2, 0) is 0 Å². The van der Waals surface area contributed by atoms with Gasteiger partial charge in [0.15, 0.2) is 0 Å². The average molecular weight is 202 g/mol. The van der Waals surface area contributed by atoms with E-state index in [4.69, 9.17) is 4.74 Å². The van der Waals surface area contributed by atoms with Crippen LogP contribution in [-0.4, -0.2) is 17.1 Å². The number of ether oxygens (including phenoxy) is 1. The normalized spacial score (nSPS) is 10.9. The molecular weight excluding hydrogens is 188 g/mol. The summed E-state index contributed by atoms with van der Waals surface area (Å²) in [7, 11) is 1.65. The van der Waals surface area contributed by atoms with Gasteiger partial charge in [-0.05, 0) is 17.5 Å². The Morgan fingerprint density at radius 2 is 1.73 bits per heavy atom. The van der Waals surface area contributed by atoms with Gasteiger partial charge in [0.05, 0.1) is 12.6 Å². The molecule has 15 heavy (non-hydrogen) atoms. The summed E-state index contributed by atoms with van der Waals surface area (Å²) in [6.45, 7) is 4.30. The van der Waals surface area contributed by atoms with Crippen LogP contribution in [0, 0.1) is 0 Å². The van der Waals surface area contributed by atoms with Crippen LogP contribution in [0.2, 0.25) is 0 Å². The van der Waals surface area contributed by atoms with Gasteiger partial charge in [-0.2, -0.15) is 0 Å². The van der Waals surface area contributed by atoms with Crippen LogP contribution in [0.4, 0.5) is 0 Å². The standard InChI is InChI=1S/C12H14N2O/c1-8(2)9-4-6-14-12-10(15-3)5-7-13-11(9)12/h4-8H,1-3H3. The lowest BCUT2D eigenvalue weighted by Gasteiger charge is -2.09. The van der Waals surface area contributed by atoms with Gasteiger partial charge in [0.1, 0.15) is 11.3 Å². The Morgan fingerprint density at radius 3 is 2.40 bits per heavy atom. The minimum Gasteiger partial charge on any atom is -0.494 e. The molecule has 3 nitrogen and oxygen atoms in total. The van der Waals surface area contributed by atoms with Gasteiger partial charge in [0, 0.05) is 18.5 Å². The number of pyridine rings is 2. The lowest BCUT2D eigenvalue weighted by atomic mass is 10.0. The van der Waals surface area contributed by atoms with E-state index in [1.54, 1.807) is 13.3 Å². The third-order valence-corrected chi connectivity index (χ3v) is 2.46. The summed E-state index contributed by atoms with van der Waals surface area (Å²) in [5.41, 5.74) is 2.98. The first kappa shape index (κ1) is 9.90. The maximum atomic E-state index is 5.26. The molecule has 0 spiro atoms. The second-order valence-corrected chi connectivity index (χ2v) is 3.77. The van der Waals surface area contributed by atoms with E-state index < -0.39 is 0 Å². The summed E-state index contributed by atoms with van der Waals surface area (Å²) < 4.78 is 5.26. The molecule has 0 aliphatic heterocycles. The summed E-state index contributed by atoms with van der Waals surface area (Å²) in [5.74, 6) is 1.22. The van der Waals surface area contributed by atoms with E-state index in [9.17, 15) is 0 Å². The fraction of sp³-hybridized carbons (Fsp3) is 0.333. The minimum atomic E-state index is 0.440. The number of aromatic nitrogens is 2. The van der Waals surface area contributed by atoms with Crippen LogP contribution in [0.15, 0.2) is 24.5 Å². The van der Waals surface area contributed by atoms with E-state index in [2.05, 4.69) is 23.8 Å². The van der Waals surface area contributed by atoms with E-state index in [0.29, 0.717) is 5.92 Å². The van der Waals surface area contributed by atoms with E-state index in [-0.39, 0.29) is 0 Å². The fourth-order valence-corrected chi connectivity index (χ4v) is 1.67. The van der Waals surface area contributed by atoms with Crippen molar-refractivity contribution in [3.63, 3.8) is 0 Å². The first-order valence-corrected chi connectivity index (χ1v) is 5.01. The van der Waals surface area contributed by atoms with E-state index in [1.807, 2.05) is 18.3 Å². The predicted molar refractivity (Wildman–Crippen MR) is 60.2 cm³/mol. The van der Waals surface area contributed by atoms with E-state index in [0.717, 1.165) is 16.8 Å². The van der Waals surface area contributed by atoms with Crippen molar-refractivity contribution in [1.82, 2.24) is 9.97 Å². The molecule has 0 aromatic carbocycles. The van der Waals surface area contributed by atoms with Crippen molar-refractivity contribution in [2.24, 2.45) is 0 Å². The average Bonchev–Trinajstić information content (AvgIpc) is 2.27. The van der Waals surface area contributed by atoms with Crippen molar-refractivity contribution in [2.45, 2.75) is 19.8 Å². The SMILES string of the molecule is COc1ccnc2c(C(C)C)ccnc12. The number of nitrogens with zero attached hydrogens (tertiary/aromatic N) is 2. The molecular formula is C12H14N2O. The van der Waals surface area contributed by atoms with Crippen LogP contribution in [0.3, 0.4) is 0 Å². The molecule has 0 aliphatic rings. The zero-order valence-corrected chi connectivity index (χ0v) is 9.19. The Kier molecular flexibility index (Phi) is 2.54. The van der Waals surface area contributed by atoms with Gasteiger partial charge in [-0.25, -0.2) is 0 Å². The van der Waals surface area contributed by atoms with Gasteiger partial charge in [-0.1, -0.05) is 13.8 Å². The molecule has 2 aromatic rings. The van der Waals surface area contributed by atoms with Crippen LogP contribution in [0.25, 0.3) is 11.0 Å². The number of hydrogen-bond donors (Lipinski definition) is 0. The lowest BCUT2D eigenvalue weighted by molar-refractivity contribution is 0.418. The highest BCUT2D eigenvalue weighted by Crippen LogP contribution is 2.27. The Labute approximate surface area is 89.1 Å². The van der Waals surface area contributed by atoms with Crippen molar-refractivity contribution in [3.8, 4) is 5.75 Å². The molecule has 0 aliphatic carbocycles. The summed E-state index contributed by atoms with van der Waals surface area (Å²) in [5, 5.41) is 0. The Morgan fingerprint density at radius 1 is 1.07 bits per heavy atom. The second kappa shape index (κ2) is 3.85. The van der Waals surface area contributed by atoms with Crippen LogP contribution in [0.5, 0.6) is 5.75 Å². The predicted octanol–water partition coefficient (Wildman–Crippen LogP) is 2.76. The zero-order chi connectivity index (χ0) is 10.8. The van der Waals surface area contributed by atoms with Gasteiger partial charge < -0.3 is 4.74 Å². The van der Waals surface area contributed by atoms with Gasteiger partial charge in [-0.15, -0.1) is 0 Å². The largest absolute Gasteiger partial charge is 0.494 e. The summed E-state index contributed by atoms with van der Waals surface area (Å²) in [6, 6.07) is 3.85. The molecule has 0 fully saturated rings.